The zero-order valence-electron chi connectivity index (χ0n) is 14.1. The third-order valence-corrected chi connectivity index (χ3v) is 4.16. The van der Waals surface area contributed by atoms with Crippen LogP contribution >= 0.6 is 12.4 Å². The van der Waals surface area contributed by atoms with E-state index in [9.17, 15) is 4.79 Å². The van der Waals surface area contributed by atoms with Crippen molar-refractivity contribution < 1.29 is 9.53 Å². The van der Waals surface area contributed by atoms with E-state index in [1.165, 1.54) is 19.3 Å². The number of amides is 1. The number of carbonyl (C=O) groups is 1. The van der Waals surface area contributed by atoms with E-state index < -0.39 is 0 Å². The molecular weight excluding hydrogens is 316 g/mol. The molecule has 1 saturated carbocycles. The van der Waals surface area contributed by atoms with Crippen molar-refractivity contribution in [2.75, 3.05) is 33.4 Å². The van der Waals surface area contributed by atoms with Crippen molar-refractivity contribution in [3.8, 4) is 0 Å². The van der Waals surface area contributed by atoms with Crippen LogP contribution in [0.4, 0.5) is 0 Å². The van der Waals surface area contributed by atoms with Crippen molar-refractivity contribution in [3.63, 3.8) is 0 Å². The van der Waals surface area contributed by atoms with Gasteiger partial charge >= 0.3 is 0 Å². The summed E-state index contributed by atoms with van der Waals surface area (Å²) in [5.74, 6) is 0.428. The molecule has 0 radical (unpaired) electrons. The number of halogens is 1. The first-order valence-electron chi connectivity index (χ1n) is 8.23. The average Bonchev–Trinajstić information content (AvgIpc) is 2.93. The van der Waals surface area contributed by atoms with Gasteiger partial charge in [0.15, 0.2) is 0 Å². The smallest absolute Gasteiger partial charge is 0.254 e. The summed E-state index contributed by atoms with van der Waals surface area (Å²) in [7, 11) is 3.56. The predicted octanol–water partition coefficient (Wildman–Crippen LogP) is 1.86. The van der Waals surface area contributed by atoms with Crippen LogP contribution in [0.3, 0.4) is 0 Å². The molecule has 1 aliphatic rings. The Morgan fingerprint density at radius 2 is 2.04 bits per heavy atom. The van der Waals surface area contributed by atoms with Gasteiger partial charge in [0.2, 0.25) is 0 Å². The SMILES string of the molecule is COCCNCCNC(=O)c1cn(C)nc1C1CCCCC1.Cl. The highest BCUT2D eigenvalue weighted by molar-refractivity contribution is 5.95. The third kappa shape index (κ3) is 6.12. The molecular formula is C16H29ClN4O2. The number of nitrogens with one attached hydrogen (secondary N) is 2. The first kappa shape index (κ1) is 19.9. The van der Waals surface area contributed by atoms with Crippen molar-refractivity contribution in [3.05, 3.63) is 17.5 Å². The Morgan fingerprint density at radius 1 is 1.30 bits per heavy atom. The summed E-state index contributed by atoms with van der Waals surface area (Å²) in [6.07, 6.45) is 7.93. The van der Waals surface area contributed by atoms with Gasteiger partial charge in [-0.15, -0.1) is 12.4 Å². The molecule has 23 heavy (non-hydrogen) atoms. The second-order valence-corrected chi connectivity index (χ2v) is 5.94. The first-order valence-corrected chi connectivity index (χ1v) is 8.23. The zero-order valence-corrected chi connectivity index (χ0v) is 15.0. The summed E-state index contributed by atoms with van der Waals surface area (Å²) in [4.78, 5) is 12.4. The molecule has 0 atom stereocenters. The van der Waals surface area contributed by atoms with Crippen molar-refractivity contribution in [1.29, 1.82) is 0 Å². The minimum atomic E-state index is -0.0118. The molecule has 132 valence electrons. The maximum Gasteiger partial charge on any atom is 0.254 e. The summed E-state index contributed by atoms with van der Waals surface area (Å²) in [5.41, 5.74) is 1.72. The summed E-state index contributed by atoms with van der Waals surface area (Å²) in [6.45, 7) is 2.84. The highest BCUT2D eigenvalue weighted by atomic mass is 35.5. The number of carbonyl (C=O) groups excluding carboxylic acids is 1. The molecule has 1 heterocycles. The Morgan fingerprint density at radius 3 is 2.74 bits per heavy atom. The Kier molecular flexibility index (Phi) is 9.21. The Bertz CT molecular complexity index is 473. The van der Waals surface area contributed by atoms with Crippen LogP contribution in [-0.2, 0) is 11.8 Å². The average molecular weight is 345 g/mol. The van der Waals surface area contributed by atoms with Crippen molar-refractivity contribution in [1.82, 2.24) is 20.4 Å². The fourth-order valence-corrected chi connectivity index (χ4v) is 3.02. The van der Waals surface area contributed by atoms with Crippen LogP contribution in [0.5, 0.6) is 0 Å². The van der Waals surface area contributed by atoms with Gasteiger partial charge in [-0.1, -0.05) is 19.3 Å². The molecule has 1 aliphatic carbocycles. The largest absolute Gasteiger partial charge is 0.383 e. The highest BCUT2D eigenvalue weighted by Crippen LogP contribution is 2.33. The summed E-state index contributed by atoms with van der Waals surface area (Å²) in [6, 6.07) is 0. The van der Waals surface area contributed by atoms with E-state index in [4.69, 9.17) is 4.74 Å². The number of rotatable bonds is 8. The number of hydrogen-bond donors (Lipinski definition) is 2. The van der Waals surface area contributed by atoms with Gasteiger partial charge in [-0.05, 0) is 12.8 Å². The molecule has 1 aromatic heterocycles. The van der Waals surface area contributed by atoms with Crippen molar-refractivity contribution in [2.45, 2.75) is 38.0 Å². The topological polar surface area (TPSA) is 68.2 Å². The monoisotopic (exact) mass is 344 g/mol. The fourth-order valence-electron chi connectivity index (χ4n) is 3.02. The highest BCUT2D eigenvalue weighted by Gasteiger charge is 2.24. The van der Waals surface area contributed by atoms with Crippen LogP contribution in [-0.4, -0.2) is 49.0 Å². The van der Waals surface area contributed by atoms with Crippen LogP contribution in [0.15, 0.2) is 6.20 Å². The molecule has 2 rings (SSSR count). The predicted molar refractivity (Wildman–Crippen MR) is 93.4 cm³/mol. The van der Waals surface area contributed by atoms with E-state index >= 15 is 0 Å². The first-order chi connectivity index (χ1) is 10.7. The van der Waals surface area contributed by atoms with E-state index in [1.54, 1.807) is 11.8 Å². The minimum Gasteiger partial charge on any atom is -0.383 e. The van der Waals surface area contributed by atoms with Gasteiger partial charge < -0.3 is 15.4 Å². The molecule has 6 nitrogen and oxygen atoms in total. The van der Waals surface area contributed by atoms with E-state index in [2.05, 4.69) is 15.7 Å². The second kappa shape index (κ2) is 10.6. The number of ether oxygens (including phenoxy) is 1. The molecule has 0 spiro atoms. The Balaban J connectivity index is 0.00000264. The van der Waals surface area contributed by atoms with E-state index in [-0.39, 0.29) is 18.3 Å². The molecule has 0 bridgehead atoms. The van der Waals surface area contributed by atoms with Crippen LogP contribution in [0.25, 0.3) is 0 Å². The molecule has 0 aliphatic heterocycles. The number of nitrogens with zero attached hydrogens (tertiary/aromatic N) is 2. The van der Waals surface area contributed by atoms with Gasteiger partial charge in [0.1, 0.15) is 0 Å². The summed E-state index contributed by atoms with van der Waals surface area (Å²) < 4.78 is 6.72. The standard InChI is InChI=1S/C16H28N4O2.ClH/c1-20-12-14(15(19-20)13-6-4-3-5-7-13)16(21)18-9-8-17-10-11-22-2;/h12-13,17H,3-11H2,1-2H3,(H,18,21);1H. The molecule has 7 heteroatoms. The Hall–Kier alpha value is -1.11. The lowest BCUT2D eigenvalue weighted by Crippen LogP contribution is -2.33. The normalized spacial score (nSPS) is 15.2. The van der Waals surface area contributed by atoms with Crippen LogP contribution in [0, 0.1) is 0 Å². The molecule has 0 saturated heterocycles. The second-order valence-electron chi connectivity index (χ2n) is 5.94. The van der Waals surface area contributed by atoms with E-state index in [1.807, 2.05) is 13.2 Å². The summed E-state index contributed by atoms with van der Waals surface area (Å²) in [5, 5.41) is 10.7. The van der Waals surface area contributed by atoms with Gasteiger partial charge in [0.05, 0.1) is 17.9 Å². The number of aryl methyl sites for hydroxylation is 1. The summed E-state index contributed by atoms with van der Waals surface area (Å²) >= 11 is 0. The maximum absolute atomic E-state index is 12.4. The van der Waals surface area contributed by atoms with Crippen molar-refractivity contribution in [2.24, 2.45) is 7.05 Å². The lowest BCUT2D eigenvalue weighted by molar-refractivity contribution is 0.0952. The lowest BCUT2D eigenvalue weighted by Gasteiger charge is -2.20. The third-order valence-electron chi connectivity index (χ3n) is 4.16. The van der Waals surface area contributed by atoms with Crippen LogP contribution < -0.4 is 10.6 Å². The quantitative estimate of drug-likeness (QED) is 0.706. The van der Waals surface area contributed by atoms with E-state index in [0.29, 0.717) is 19.1 Å². The van der Waals surface area contributed by atoms with Gasteiger partial charge in [-0.2, -0.15) is 5.10 Å². The van der Waals surface area contributed by atoms with Gasteiger partial charge in [-0.3, -0.25) is 9.48 Å². The maximum atomic E-state index is 12.4. The molecule has 0 aromatic carbocycles. The number of methoxy groups -OCH3 is 1. The molecule has 1 fully saturated rings. The zero-order chi connectivity index (χ0) is 15.8. The van der Waals surface area contributed by atoms with Gasteiger partial charge in [-0.25, -0.2) is 0 Å². The molecule has 1 amide bonds. The minimum absolute atomic E-state index is 0. The number of aromatic nitrogens is 2. The Labute approximate surface area is 144 Å². The number of hydrogen-bond acceptors (Lipinski definition) is 4. The van der Waals surface area contributed by atoms with E-state index in [0.717, 1.165) is 37.2 Å². The molecule has 2 N–H and O–H groups in total. The fraction of sp³-hybridized carbons (Fsp3) is 0.750. The van der Waals surface area contributed by atoms with Gasteiger partial charge in [0, 0.05) is 45.9 Å². The van der Waals surface area contributed by atoms with Crippen LogP contribution in [0.2, 0.25) is 0 Å². The molecule has 1 aromatic rings. The van der Waals surface area contributed by atoms with Gasteiger partial charge in [0.25, 0.3) is 5.91 Å². The lowest BCUT2D eigenvalue weighted by atomic mass is 9.85. The molecule has 0 unspecified atom stereocenters. The van der Waals surface area contributed by atoms with Crippen LogP contribution in [0.1, 0.15) is 54.1 Å². The van der Waals surface area contributed by atoms with Crippen molar-refractivity contribution >= 4 is 18.3 Å².